The Labute approximate surface area is 182 Å². The SMILES string of the molecule is CCOCCOCc1cccc(CNC(=O)CCCn2nnc(-c3ccccc3)n2)c1. The maximum Gasteiger partial charge on any atom is 0.220 e. The van der Waals surface area contributed by atoms with Gasteiger partial charge in [-0.15, -0.1) is 10.2 Å². The van der Waals surface area contributed by atoms with E-state index in [0.29, 0.717) is 58.2 Å². The number of benzene rings is 2. The number of tetrazole rings is 1. The van der Waals surface area contributed by atoms with Gasteiger partial charge in [0.25, 0.3) is 0 Å². The van der Waals surface area contributed by atoms with E-state index in [4.69, 9.17) is 9.47 Å². The summed E-state index contributed by atoms with van der Waals surface area (Å²) in [6.07, 6.45) is 1.05. The Hall–Kier alpha value is -3.10. The molecule has 0 unspecified atom stereocenters. The number of amides is 1. The second-order valence-electron chi connectivity index (χ2n) is 7.02. The van der Waals surface area contributed by atoms with Crippen LogP contribution in [0.25, 0.3) is 11.4 Å². The zero-order chi connectivity index (χ0) is 21.7. The fourth-order valence-electron chi connectivity index (χ4n) is 2.99. The van der Waals surface area contributed by atoms with Crippen LogP contribution in [0.2, 0.25) is 0 Å². The highest BCUT2D eigenvalue weighted by Gasteiger charge is 2.07. The van der Waals surface area contributed by atoms with Crippen LogP contribution in [0.5, 0.6) is 0 Å². The highest BCUT2D eigenvalue weighted by atomic mass is 16.5. The molecule has 0 saturated carbocycles. The molecule has 0 saturated heterocycles. The summed E-state index contributed by atoms with van der Waals surface area (Å²) >= 11 is 0. The summed E-state index contributed by atoms with van der Waals surface area (Å²) in [6, 6.07) is 17.7. The molecule has 3 aromatic rings. The van der Waals surface area contributed by atoms with Crippen molar-refractivity contribution in [3.05, 3.63) is 65.7 Å². The minimum absolute atomic E-state index is 0.00163. The summed E-state index contributed by atoms with van der Waals surface area (Å²) < 4.78 is 10.9. The smallest absolute Gasteiger partial charge is 0.220 e. The Morgan fingerprint density at radius 1 is 1.03 bits per heavy atom. The maximum atomic E-state index is 12.2. The summed E-state index contributed by atoms with van der Waals surface area (Å²) in [6.45, 7) is 5.40. The zero-order valence-electron chi connectivity index (χ0n) is 17.9. The van der Waals surface area contributed by atoms with E-state index < -0.39 is 0 Å². The fourth-order valence-corrected chi connectivity index (χ4v) is 2.99. The first-order valence-corrected chi connectivity index (χ1v) is 10.6. The van der Waals surface area contributed by atoms with E-state index in [-0.39, 0.29) is 5.91 Å². The minimum atomic E-state index is 0.00163. The van der Waals surface area contributed by atoms with Crippen LogP contribution in [-0.4, -0.2) is 45.9 Å². The third-order valence-electron chi connectivity index (χ3n) is 4.57. The standard InChI is InChI=1S/C23H29N5O3/c1-2-30-14-15-31-18-20-9-6-8-19(16-20)17-24-22(29)12-7-13-28-26-23(25-27-28)21-10-4-3-5-11-21/h3-6,8-11,16H,2,7,12-15,17-18H2,1H3,(H,24,29). The number of ether oxygens (including phenoxy) is 2. The van der Waals surface area contributed by atoms with Crippen molar-refractivity contribution < 1.29 is 14.3 Å². The second kappa shape index (κ2) is 12.6. The first kappa shape index (κ1) is 22.6. The molecule has 0 spiro atoms. The van der Waals surface area contributed by atoms with E-state index in [1.807, 2.05) is 61.5 Å². The van der Waals surface area contributed by atoms with Crippen LogP contribution in [-0.2, 0) is 34.0 Å². The summed E-state index contributed by atoms with van der Waals surface area (Å²) in [5.41, 5.74) is 3.05. The van der Waals surface area contributed by atoms with Crippen molar-refractivity contribution in [2.45, 2.75) is 39.5 Å². The monoisotopic (exact) mass is 423 g/mol. The number of carbonyl (C=O) groups is 1. The van der Waals surface area contributed by atoms with Gasteiger partial charge in [0.1, 0.15) is 0 Å². The van der Waals surface area contributed by atoms with Crippen molar-refractivity contribution in [2.75, 3.05) is 19.8 Å². The van der Waals surface area contributed by atoms with E-state index in [9.17, 15) is 4.79 Å². The lowest BCUT2D eigenvalue weighted by atomic mass is 10.1. The molecule has 1 amide bonds. The van der Waals surface area contributed by atoms with E-state index >= 15 is 0 Å². The van der Waals surface area contributed by atoms with E-state index in [1.165, 1.54) is 4.80 Å². The molecule has 0 bridgehead atoms. The Balaban J connectivity index is 1.35. The quantitative estimate of drug-likeness (QED) is 0.425. The van der Waals surface area contributed by atoms with Crippen LogP contribution in [0.4, 0.5) is 0 Å². The molecule has 1 heterocycles. The van der Waals surface area contributed by atoms with Gasteiger partial charge >= 0.3 is 0 Å². The van der Waals surface area contributed by atoms with Gasteiger partial charge in [-0.1, -0.05) is 54.6 Å². The van der Waals surface area contributed by atoms with Crippen molar-refractivity contribution in [3.8, 4) is 11.4 Å². The van der Waals surface area contributed by atoms with Gasteiger partial charge in [-0.3, -0.25) is 4.79 Å². The van der Waals surface area contributed by atoms with Gasteiger partial charge in [-0.2, -0.15) is 4.80 Å². The molecule has 164 valence electrons. The molecule has 31 heavy (non-hydrogen) atoms. The summed E-state index contributed by atoms with van der Waals surface area (Å²) in [5.74, 6) is 0.591. The minimum Gasteiger partial charge on any atom is -0.379 e. The molecule has 0 radical (unpaired) electrons. The van der Waals surface area contributed by atoms with E-state index in [1.54, 1.807) is 0 Å². The van der Waals surface area contributed by atoms with Gasteiger partial charge in [0.15, 0.2) is 0 Å². The highest BCUT2D eigenvalue weighted by Crippen LogP contribution is 2.12. The summed E-state index contributed by atoms with van der Waals surface area (Å²) in [4.78, 5) is 13.7. The first-order chi connectivity index (χ1) is 15.2. The molecule has 2 aromatic carbocycles. The molecule has 0 atom stereocenters. The van der Waals surface area contributed by atoms with Crippen molar-refractivity contribution >= 4 is 5.91 Å². The summed E-state index contributed by atoms with van der Waals surface area (Å²) in [5, 5.41) is 15.5. The van der Waals surface area contributed by atoms with E-state index in [0.717, 1.165) is 16.7 Å². The Morgan fingerprint density at radius 3 is 2.68 bits per heavy atom. The molecule has 1 aromatic heterocycles. The van der Waals surface area contributed by atoms with Crippen LogP contribution in [0.15, 0.2) is 54.6 Å². The Bertz CT molecular complexity index is 930. The molecule has 1 N–H and O–H groups in total. The molecule has 0 aliphatic heterocycles. The van der Waals surface area contributed by atoms with Crippen molar-refractivity contribution in [1.82, 2.24) is 25.5 Å². The van der Waals surface area contributed by atoms with Crippen molar-refractivity contribution in [1.29, 1.82) is 0 Å². The second-order valence-corrected chi connectivity index (χ2v) is 7.02. The number of nitrogens with zero attached hydrogens (tertiary/aromatic N) is 4. The van der Waals surface area contributed by atoms with Gasteiger partial charge in [-0.25, -0.2) is 0 Å². The molecule has 8 heteroatoms. The molecular weight excluding hydrogens is 394 g/mol. The first-order valence-electron chi connectivity index (χ1n) is 10.6. The van der Waals surface area contributed by atoms with Gasteiger partial charge < -0.3 is 14.8 Å². The van der Waals surface area contributed by atoms with Gasteiger partial charge in [0, 0.05) is 25.1 Å². The molecule has 0 aliphatic rings. The maximum absolute atomic E-state index is 12.2. The van der Waals surface area contributed by atoms with E-state index in [2.05, 4.69) is 20.7 Å². The molecule has 0 fully saturated rings. The molecule has 3 rings (SSSR count). The third kappa shape index (κ3) is 7.92. The zero-order valence-corrected chi connectivity index (χ0v) is 17.9. The lowest BCUT2D eigenvalue weighted by molar-refractivity contribution is -0.121. The van der Waals surface area contributed by atoms with Crippen LogP contribution >= 0.6 is 0 Å². The lowest BCUT2D eigenvalue weighted by Gasteiger charge is -2.08. The van der Waals surface area contributed by atoms with Crippen LogP contribution in [0.3, 0.4) is 0 Å². The third-order valence-corrected chi connectivity index (χ3v) is 4.57. The topological polar surface area (TPSA) is 91.2 Å². The van der Waals surface area contributed by atoms with Gasteiger partial charge in [0.05, 0.1) is 26.4 Å². The average molecular weight is 424 g/mol. The van der Waals surface area contributed by atoms with Crippen LogP contribution in [0.1, 0.15) is 30.9 Å². The highest BCUT2D eigenvalue weighted by molar-refractivity contribution is 5.75. The van der Waals surface area contributed by atoms with Gasteiger partial charge in [0.2, 0.25) is 11.7 Å². The Morgan fingerprint density at radius 2 is 1.84 bits per heavy atom. The molecule has 8 nitrogen and oxygen atoms in total. The molecule has 0 aliphatic carbocycles. The average Bonchev–Trinajstić information content (AvgIpc) is 3.27. The number of aromatic nitrogens is 4. The number of carbonyl (C=O) groups excluding carboxylic acids is 1. The largest absolute Gasteiger partial charge is 0.379 e. The van der Waals surface area contributed by atoms with Crippen molar-refractivity contribution in [2.24, 2.45) is 0 Å². The normalized spacial score (nSPS) is 10.9. The lowest BCUT2D eigenvalue weighted by Crippen LogP contribution is -2.23. The number of nitrogens with one attached hydrogen (secondary N) is 1. The Kier molecular flexibility index (Phi) is 9.15. The van der Waals surface area contributed by atoms with Crippen LogP contribution in [0, 0.1) is 0 Å². The molecular formula is C23H29N5O3. The number of rotatable bonds is 13. The van der Waals surface area contributed by atoms with Crippen LogP contribution < -0.4 is 5.32 Å². The van der Waals surface area contributed by atoms with Crippen molar-refractivity contribution in [3.63, 3.8) is 0 Å². The number of hydrogen-bond donors (Lipinski definition) is 1. The van der Waals surface area contributed by atoms with Gasteiger partial charge in [-0.05, 0) is 29.7 Å². The number of aryl methyl sites for hydroxylation is 1. The predicted octanol–water partition coefficient (Wildman–Crippen LogP) is 2.99. The predicted molar refractivity (Wildman–Crippen MR) is 117 cm³/mol. The number of hydrogen-bond acceptors (Lipinski definition) is 6. The fraction of sp³-hybridized carbons (Fsp3) is 0.391. The summed E-state index contributed by atoms with van der Waals surface area (Å²) in [7, 11) is 0.